The van der Waals surface area contributed by atoms with Crippen molar-refractivity contribution in [1.82, 2.24) is 0 Å². The van der Waals surface area contributed by atoms with Crippen molar-refractivity contribution in [3.05, 3.63) is 34.9 Å². The fourth-order valence-corrected chi connectivity index (χ4v) is 1.12. The van der Waals surface area contributed by atoms with Crippen molar-refractivity contribution in [2.24, 2.45) is 0 Å². The highest BCUT2D eigenvalue weighted by molar-refractivity contribution is 5.62. The lowest BCUT2D eigenvalue weighted by atomic mass is 10.1. The van der Waals surface area contributed by atoms with E-state index in [1.165, 1.54) is 14.2 Å². The summed E-state index contributed by atoms with van der Waals surface area (Å²) in [4.78, 5) is 2.73. The quantitative estimate of drug-likeness (QED) is 0.610. The van der Waals surface area contributed by atoms with Crippen LogP contribution in [0.3, 0.4) is 0 Å². The molecule has 0 radical (unpaired) electrons. The van der Waals surface area contributed by atoms with Crippen molar-refractivity contribution in [3.8, 4) is 11.5 Å². The largest absolute Gasteiger partial charge is 0.501 e. The molecule has 0 aromatic heterocycles. The lowest BCUT2D eigenvalue weighted by Gasteiger charge is -2.07. The smallest absolute Gasteiger partial charge is 0.392 e. The Morgan fingerprint density at radius 1 is 1.33 bits per heavy atom. The van der Waals surface area contributed by atoms with Crippen molar-refractivity contribution >= 4 is 5.76 Å². The molecular formula is C10H11N2O3+. The molecule has 0 fully saturated rings. The zero-order valence-electron chi connectivity index (χ0n) is 8.47. The van der Waals surface area contributed by atoms with Crippen LogP contribution in [0.5, 0.6) is 11.5 Å². The minimum absolute atomic E-state index is 0.154. The van der Waals surface area contributed by atoms with Gasteiger partial charge in [0.1, 0.15) is 0 Å². The Hall–Kier alpha value is -2.22. The summed E-state index contributed by atoms with van der Waals surface area (Å²) in [5, 5.41) is 17.7. The number of ether oxygens (including phenoxy) is 2. The van der Waals surface area contributed by atoms with Crippen LogP contribution >= 0.6 is 0 Å². The fourth-order valence-electron chi connectivity index (χ4n) is 1.12. The third-order valence-electron chi connectivity index (χ3n) is 1.86. The minimum atomic E-state index is -0.154. The fraction of sp³-hybridized carbons (Fsp3) is 0.200. The highest BCUT2D eigenvalue weighted by atomic mass is 16.5. The Balaban J connectivity index is 3.15. The van der Waals surface area contributed by atoms with E-state index in [0.29, 0.717) is 17.1 Å². The lowest BCUT2D eigenvalue weighted by molar-refractivity contribution is 0.354. The molecule has 0 aliphatic carbocycles. The average Bonchev–Trinajstić information content (AvgIpc) is 2.28. The van der Waals surface area contributed by atoms with Gasteiger partial charge in [-0.25, -0.2) is 0 Å². The summed E-state index contributed by atoms with van der Waals surface area (Å²) in [5.74, 6) is 0.904. The molecule has 0 bridgehead atoms. The van der Waals surface area contributed by atoms with Crippen LogP contribution in [0.25, 0.3) is 10.7 Å². The third kappa shape index (κ3) is 2.38. The van der Waals surface area contributed by atoms with Gasteiger partial charge in [-0.15, -0.1) is 0 Å². The summed E-state index contributed by atoms with van der Waals surface area (Å²) in [6, 6.07) is 4.85. The van der Waals surface area contributed by atoms with E-state index < -0.39 is 0 Å². The monoisotopic (exact) mass is 207 g/mol. The van der Waals surface area contributed by atoms with Gasteiger partial charge in [0.15, 0.2) is 16.5 Å². The molecule has 1 N–H and O–H groups in total. The van der Waals surface area contributed by atoms with Crippen LogP contribution in [-0.2, 0) is 0 Å². The number of rotatable bonds is 3. The second-order valence-corrected chi connectivity index (χ2v) is 2.70. The SMILES string of the molecule is COc1ccc(C(O)=C[N+]#N)cc1OC. The molecule has 0 aliphatic rings. The van der Waals surface area contributed by atoms with Crippen LogP contribution in [0.2, 0.25) is 0 Å². The van der Waals surface area contributed by atoms with E-state index in [1.807, 2.05) is 0 Å². The summed E-state index contributed by atoms with van der Waals surface area (Å²) in [5.41, 5.74) is 0.477. The molecule has 0 saturated carbocycles. The van der Waals surface area contributed by atoms with Gasteiger partial charge in [-0.05, 0) is 18.2 Å². The molecule has 78 valence electrons. The zero-order chi connectivity index (χ0) is 11.3. The number of methoxy groups -OCH3 is 2. The van der Waals surface area contributed by atoms with E-state index in [4.69, 9.17) is 14.9 Å². The predicted octanol–water partition coefficient (Wildman–Crippen LogP) is 2.41. The van der Waals surface area contributed by atoms with Crippen molar-refractivity contribution in [1.29, 1.82) is 5.39 Å². The third-order valence-corrected chi connectivity index (χ3v) is 1.86. The first-order valence-corrected chi connectivity index (χ1v) is 4.18. The van der Waals surface area contributed by atoms with E-state index >= 15 is 0 Å². The van der Waals surface area contributed by atoms with Crippen molar-refractivity contribution in [3.63, 3.8) is 0 Å². The van der Waals surface area contributed by atoms with Crippen LogP contribution in [0.15, 0.2) is 24.4 Å². The van der Waals surface area contributed by atoms with Crippen LogP contribution in [0.4, 0.5) is 0 Å². The Bertz CT molecular complexity index is 421. The van der Waals surface area contributed by atoms with Crippen LogP contribution < -0.4 is 9.47 Å². The Morgan fingerprint density at radius 2 is 2.00 bits per heavy atom. The van der Waals surface area contributed by atoms with Crippen LogP contribution in [0, 0.1) is 5.39 Å². The number of diazo groups is 1. The molecule has 0 spiro atoms. The molecule has 0 amide bonds. The molecule has 0 aliphatic heterocycles. The highest BCUT2D eigenvalue weighted by Gasteiger charge is 2.09. The first-order valence-electron chi connectivity index (χ1n) is 4.18. The van der Waals surface area contributed by atoms with E-state index in [1.54, 1.807) is 18.2 Å². The number of nitrogens with zero attached hydrogens (tertiary/aromatic N) is 2. The summed E-state index contributed by atoms with van der Waals surface area (Å²) in [6.07, 6.45) is 0.932. The Labute approximate surface area is 87.2 Å². The van der Waals surface area contributed by atoms with Crippen LogP contribution in [0.1, 0.15) is 5.56 Å². The first kappa shape index (κ1) is 10.9. The normalized spacial score (nSPS) is 10.6. The standard InChI is InChI=1S/C10H10N2O3/c1-14-9-4-3-7(5-10(9)15-2)8(13)6-12-11/h3-6H,1-2H3/p+1. The number of hydrogen-bond donors (Lipinski definition) is 1. The first-order chi connectivity index (χ1) is 7.22. The van der Waals surface area contributed by atoms with Gasteiger partial charge in [0.05, 0.1) is 14.2 Å². The summed E-state index contributed by atoms with van der Waals surface area (Å²) >= 11 is 0. The zero-order valence-corrected chi connectivity index (χ0v) is 8.47. The van der Waals surface area contributed by atoms with Crippen LogP contribution in [-0.4, -0.2) is 19.3 Å². The molecule has 5 heteroatoms. The van der Waals surface area contributed by atoms with Gasteiger partial charge in [0.2, 0.25) is 11.2 Å². The molecular weight excluding hydrogens is 196 g/mol. The highest BCUT2D eigenvalue weighted by Crippen LogP contribution is 2.29. The Morgan fingerprint density at radius 3 is 2.53 bits per heavy atom. The summed E-state index contributed by atoms with van der Waals surface area (Å²) < 4.78 is 10.1. The molecule has 5 nitrogen and oxygen atoms in total. The number of benzene rings is 1. The molecule has 1 aromatic rings. The average molecular weight is 207 g/mol. The van der Waals surface area contributed by atoms with E-state index in [2.05, 4.69) is 4.98 Å². The Kier molecular flexibility index (Phi) is 3.52. The van der Waals surface area contributed by atoms with Gasteiger partial charge in [0.25, 0.3) is 0 Å². The summed E-state index contributed by atoms with van der Waals surface area (Å²) in [7, 11) is 3.02. The molecule has 0 heterocycles. The number of aliphatic hydroxyl groups is 1. The lowest BCUT2D eigenvalue weighted by Crippen LogP contribution is -1.92. The van der Waals surface area contributed by atoms with Gasteiger partial charge in [-0.1, -0.05) is 0 Å². The van der Waals surface area contributed by atoms with Crippen molar-refractivity contribution in [2.75, 3.05) is 14.2 Å². The van der Waals surface area contributed by atoms with Gasteiger partial charge < -0.3 is 14.6 Å². The second kappa shape index (κ2) is 4.86. The minimum Gasteiger partial charge on any atom is -0.501 e. The van der Waals surface area contributed by atoms with Gasteiger partial charge in [0, 0.05) is 5.56 Å². The maximum Gasteiger partial charge on any atom is 0.392 e. The molecule has 0 saturated heterocycles. The maximum atomic E-state index is 9.42. The molecule has 15 heavy (non-hydrogen) atoms. The van der Waals surface area contributed by atoms with Crippen molar-refractivity contribution < 1.29 is 14.6 Å². The second-order valence-electron chi connectivity index (χ2n) is 2.70. The molecule has 1 rings (SSSR count). The summed E-state index contributed by atoms with van der Waals surface area (Å²) in [6.45, 7) is 0. The number of aliphatic hydroxyl groups excluding tert-OH is 1. The molecule has 0 atom stereocenters. The number of hydrogen-bond acceptors (Lipinski definition) is 4. The van der Waals surface area contributed by atoms with Gasteiger partial charge in [-0.2, -0.15) is 0 Å². The predicted molar refractivity (Wildman–Crippen MR) is 55.2 cm³/mol. The van der Waals surface area contributed by atoms with Gasteiger partial charge >= 0.3 is 6.20 Å². The van der Waals surface area contributed by atoms with Gasteiger partial charge in [-0.3, -0.25) is 0 Å². The molecule has 0 unspecified atom stereocenters. The topological polar surface area (TPSA) is 66.8 Å². The molecule has 1 aromatic carbocycles. The van der Waals surface area contributed by atoms with E-state index in [-0.39, 0.29) is 5.76 Å². The van der Waals surface area contributed by atoms with E-state index in [0.717, 1.165) is 6.20 Å². The van der Waals surface area contributed by atoms with E-state index in [9.17, 15) is 5.11 Å². The van der Waals surface area contributed by atoms with Crippen molar-refractivity contribution in [2.45, 2.75) is 0 Å². The maximum absolute atomic E-state index is 9.42.